The standard InChI is InChI=1S/C12H15N5O2S/c1-2-4-9-14-15-12(20-9)13-11(18)8-7-10-17(16-8)5-3-6-19-10/h7H,2-6H2,1H3,(H,13,15,18). The van der Waals surface area contributed by atoms with Crippen LogP contribution >= 0.6 is 11.3 Å². The molecule has 0 saturated heterocycles. The maximum absolute atomic E-state index is 12.1. The number of anilines is 1. The van der Waals surface area contributed by atoms with Crippen LogP contribution in [0, 0.1) is 0 Å². The topological polar surface area (TPSA) is 81.9 Å². The highest BCUT2D eigenvalue weighted by Gasteiger charge is 2.18. The second-order valence-corrected chi connectivity index (χ2v) is 5.56. The van der Waals surface area contributed by atoms with E-state index in [2.05, 4.69) is 27.5 Å². The predicted molar refractivity (Wildman–Crippen MR) is 74.2 cm³/mol. The Morgan fingerprint density at radius 1 is 1.55 bits per heavy atom. The van der Waals surface area contributed by atoms with Crippen molar-refractivity contribution >= 4 is 22.4 Å². The quantitative estimate of drug-likeness (QED) is 0.928. The van der Waals surface area contributed by atoms with Crippen LogP contribution in [-0.4, -0.2) is 32.5 Å². The van der Waals surface area contributed by atoms with Crippen molar-refractivity contribution in [3.05, 3.63) is 16.8 Å². The number of carbonyl (C=O) groups excluding carboxylic acids is 1. The molecule has 3 rings (SSSR count). The van der Waals surface area contributed by atoms with Gasteiger partial charge in [0.15, 0.2) is 5.69 Å². The highest BCUT2D eigenvalue weighted by atomic mass is 32.1. The van der Waals surface area contributed by atoms with Crippen LogP contribution in [-0.2, 0) is 13.0 Å². The van der Waals surface area contributed by atoms with E-state index in [1.807, 2.05) is 0 Å². The number of aromatic nitrogens is 4. The number of rotatable bonds is 4. The molecule has 1 N–H and O–H groups in total. The fraction of sp³-hybridized carbons (Fsp3) is 0.500. The van der Waals surface area contributed by atoms with Crippen molar-refractivity contribution in [1.29, 1.82) is 0 Å². The molecule has 3 heterocycles. The van der Waals surface area contributed by atoms with E-state index in [1.165, 1.54) is 11.3 Å². The molecule has 0 bridgehead atoms. The van der Waals surface area contributed by atoms with E-state index in [0.29, 0.717) is 23.3 Å². The lowest BCUT2D eigenvalue weighted by atomic mass is 10.4. The normalized spacial score (nSPS) is 13.7. The van der Waals surface area contributed by atoms with Crippen LogP contribution < -0.4 is 10.1 Å². The van der Waals surface area contributed by atoms with Crippen molar-refractivity contribution in [2.24, 2.45) is 0 Å². The Morgan fingerprint density at radius 2 is 2.45 bits per heavy atom. The van der Waals surface area contributed by atoms with Gasteiger partial charge in [0, 0.05) is 25.5 Å². The zero-order valence-corrected chi connectivity index (χ0v) is 11.9. The molecule has 0 atom stereocenters. The van der Waals surface area contributed by atoms with Gasteiger partial charge in [-0.2, -0.15) is 5.10 Å². The third-order valence-electron chi connectivity index (χ3n) is 2.89. The van der Waals surface area contributed by atoms with Gasteiger partial charge in [0.2, 0.25) is 11.0 Å². The Labute approximate surface area is 120 Å². The number of nitrogens with zero attached hydrogens (tertiary/aromatic N) is 4. The first-order valence-corrected chi connectivity index (χ1v) is 7.42. The highest BCUT2D eigenvalue weighted by Crippen LogP contribution is 2.20. The summed E-state index contributed by atoms with van der Waals surface area (Å²) in [5.74, 6) is 0.361. The fourth-order valence-electron chi connectivity index (χ4n) is 1.96. The van der Waals surface area contributed by atoms with Crippen molar-refractivity contribution < 1.29 is 9.53 Å². The van der Waals surface area contributed by atoms with Crippen LogP contribution in [0.4, 0.5) is 5.13 Å². The minimum absolute atomic E-state index is 0.283. The van der Waals surface area contributed by atoms with E-state index in [9.17, 15) is 4.79 Å². The van der Waals surface area contributed by atoms with Crippen molar-refractivity contribution in [2.45, 2.75) is 32.7 Å². The molecule has 0 saturated carbocycles. The van der Waals surface area contributed by atoms with Crippen molar-refractivity contribution in [3.63, 3.8) is 0 Å². The van der Waals surface area contributed by atoms with E-state index in [1.54, 1.807) is 10.7 Å². The molecule has 1 aliphatic heterocycles. The summed E-state index contributed by atoms with van der Waals surface area (Å²) in [7, 11) is 0. The van der Waals surface area contributed by atoms with Gasteiger partial charge in [-0.05, 0) is 6.42 Å². The molecule has 7 nitrogen and oxygen atoms in total. The van der Waals surface area contributed by atoms with Gasteiger partial charge in [-0.3, -0.25) is 10.1 Å². The van der Waals surface area contributed by atoms with Crippen molar-refractivity contribution in [3.8, 4) is 5.88 Å². The molecule has 1 aliphatic rings. The molecule has 2 aromatic heterocycles. The molecule has 106 valence electrons. The van der Waals surface area contributed by atoms with Crippen LogP contribution in [0.15, 0.2) is 6.07 Å². The summed E-state index contributed by atoms with van der Waals surface area (Å²) in [4.78, 5) is 12.1. The molecule has 20 heavy (non-hydrogen) atoms. The predicted octanol–water partition coefficient (Wildman–Crippen LogP) is 1.72. The van der Waals surface area contributed by atoms with Crippen molar-refractivity contribution in [1.82, 2.24) is 20.0 Å². The van der Waals surface area contributed by atoms with Gasteiger partial charge in [-0.1, -0.05) is 18.3 Å². The van der Waals surface area contributed by atoms with E-state index >= 15 is 0 Å². The lowest BCUT2D eigenvalue weighted by Crippen LogP contribution is -2.16. The summed E-state index contributed by atoms with van der Waals surface area (Å²) >= 11 is 1.40. The van der Waals surface area contributed by atoms with Crippen molar-refractivity contribution in [2.75, 3.05) is 11.9 Å². The minimum Gasteiger partial charge on any atom is -0.478 e. The lowest BCUT2D eigenvalue weighted by molar-refractivity contribution is 0.102. The molecule has 0 aliphatic carbocycles. The second kappa shape index (κ2) is 5.58. The number of ether oxygens (including phenoxy) is 1. The van der Waals surface area contributed by atoms with Gasteiger partial charge >= 0.3 is 0 Å². The molecule has 0 unspecified atom stereocenters. The van der Waals surface area contributed by atoms with E-state index < -0.39 is 0 Å². The summed E-state index contributed by atoms with van der Waals surface area (Å²) in [6.07, 6.45) is 2.79. The molecular weight excluding hydrogens is 278 g/mol. The molecule has 0 spiro atoms. The second-order valence-electron chi connectivity index (χ2n) is 4.50. The third kappa shape index (κ3) is 2.64. The fourth-order valence-corrected chi connectivity index (χ4v) is 2.79. The Balaban J connectivity index is 1.70. The zero-order valence-electron chi connectivity index (χ0n) is 11.1. The first-order chi connectivity index (χ1) is 9.76. The number of aryl methyl sites for hydroxylation is 2. The average molecular weight is 293 g/mol. The van der Waals surface area contributed by atoms with Gasteiger partial charge in [0.05, 0.1) is 6.61 Å². The summed E-state index contributed by atoms with van der Waals surface area (Å²) in [5.41, 5.74) is 0.342. The lowest BCUT2D eigenvalue weighted by Gasteiger charge is -2.13. The van der Waals surface area contributed by atoms with Gasteiger partial charge in [-0.25, -0.2) is 4.68 Å². The Kier molecular flexibility index (Phi) is 3.64. The molecule has 1 amide bonds. The molecular formula is C12H15N5O2S. The molecule has 8 heteroatoms. The first-order valence-electron chi connectivity index (χ1n) is 6.60. The zero-order chi connectivity index (χ0) is 13.9. The number of hydrogen-bond donors (Lipinski definition) is 1. The molecule has 0 fully saturated rings. The largest absolute Gasteiger partial charge is 0.478 e. The smallest absolute Gasteiger partial charge is 0.278 e. The van der Waals surface area contributed by atoms with Crippen LogP contribution in [0.1, 0.15) is 35.3 Å². The van der Waals surface area contributed by atoms with Gasteiger partial charge in [-0.15, -0.1) is 10.2 Å². The Hall–Kier alpha value is -1.96. The third-order valence-corrected chi connectivity index (χ3v) is 3.79. The number of carbonyl (C=O) groups is 1. The minimum atomic E-state index is -0.283. The first kappa shape index (κ1) is 13.0. The maximum Gasteiger partial charge on any atom is 0.278 e. The van der Waals surface area contributed by atoms with Gasteiger partial charge < -0.3 is 4.74 Å². The number of amides is 1. The summed E-state index contributed by atoms with van der Waals surface area (Å²) in [6, 6.07) is 1.66. The van der Waals surface area contributed by atoms with E-state index in [-0.39, 0.29) is 5.91 Å². The average Bonchev–Trinajstić information content (AvgIpc) is 3.05. The van der Waals surface area contributed by atoms with Crippen LogP contribution in [0.25, 0.3) is 0 Å². The van der Waals surface area contributed by atoms with Crippen LogP contribution in [0.5, 0.6) is 5.88 Å². The number of fused-ring (bicyclic) bond motifs is 1. The summed E-state index contributed by atoms with van der Waals surface area (Å²) in [6.45, 7) is 3.53. The van der Waals surface area contributed by atoms with Gasteiger partial charge in [0.25, 0.3) is 5.91 Å². The van der Waals surface area contributed by atoms with E-state index in [4.69, 9.17) is 4.74 Å². The Bertz CT molecular complexity index is 598. The summed E-state index contributed by atoms with van der Waals surface area (Å²) in [5, 5.41) is 16.4. The van der Waals surface area contributed by atoms with Crippen LogP contribution in [0.2, 0.25) is 0 Å². The summed E-state index contributed by atoms with van der Waals surface area (Å²) < 4.78 is 7.14. The van der Waals surface area contributed by atoms with Crippen LogP contribution in [0.3, 0.4) is 0 Å². The maximum atomic E-state index is 12.1. The van der Waals surface area contributed by atoms with Gasteiger partial charge in [0.1, 0.15) is 5.01 Å². The molecule has 0 aromatic carbocycles. The monoisotopic (exact) mass is 293 g/mol. The highest BCUT2D eigenvalue weighted by molar-refractivity contribution is 7.15. The SMILES string of the molecule is CCCc1nnc(NC(=O)c2cc3n(n2)CCCO3)s1. The number of nitrogens with one attached hydrogen (secondary N) is 1. The number of hydrogen-bond acceptors (Lipinski definition) is 6. The molecule has 2 aromatic rings. The molecule has 0 radical (unpaired) electrons. The van der Waals surface area contributed by atoms with E-state index in [0.717, 1.165) is 30.8 Å². The Morgan fingerprint density at radius 3 is 3.25 bits per heavy atom.